The number of aromatic hydroxyl groups is 1. The molecule has 2 N–H and O–H groups in total. The molecule has 0 radical (unpaired) electrons. The van der Waals surface area contributed by atoms with Crippen molar-refractivity contribution in [2.45, 2.75) is 19.4 Å². The van der Waals surface area contributed by atoms with Crippen LogP contribution in [0.5, 0.6) is 11.6 Å². The second-order valence-corrected chi connectivity index (χ2v) is 6.88. The smallest absolute Gasteiger partial charge is 0.335 e. The Balaban J connectivity index is 1.87. The largest absolute Gasteiger partial charge is 0.495 e. The first kappa shape index (κ1) is 20.1. The van der Waals surface area contributed by atoms with Crippen LogP contribution in [0.25, 0.3) is 5.69 Å². The molecule has 0 saturated carbocycles. The van der Waals surface area contributed by atoms with Crippen molar-refractivity contribution in [3.05, 3.63) is 80.8 Å². The second kappa shape index (κ2) is 7.90. The topological polar surface area (TPSA) is 130 Å². The minimum absolute atomic E-state index is 0.159. The van der Waals surface area contributed by atoms with Crippen LogP contribution in [0.15, 0.2) is 63.5 Å². The number of aromatic nitrogens is 3. The van der Waals surface area contributed by atoms with Crippen LogP contribution in [0.4, 0.5) is 0 Å². The molecule has 2 aromatic heterocycles. The standard InChI is InChI=1S/C21H19N5O5/c1-12(27)26-16(13-6-5-9-22-11-13)10-14(24-26)18-19(28)23-21(30)25(20(18)29)15-7-3-4-8-17(15)31-2/h3-9,11,16,29H,10H2,1-2H3,(H,23,28,30). The normalized spacial score (nSPS) is 15.6. The van der Waals surface area contributed by atoms with Gasteiger partial charge < -0.3 is 9.84 Å². The van der Waals surface area contributed by atoms with E-state index in [0.29, 0.717) is 5.75 Å². The maximum absolute atomic E-state index is 12.6. The molecule has 0 bridgehead atoms. The van der Waals surface area contributed by atoms with Gasteiger partial charge in [-0.1, -0.05) is 18.2 Å². The Kier molecular flexibility index (Phi) is 5.12. The van der Waals surface area contributed by atoms with E-state index in [0.717, 1.165) is 10.1 Å². The monoisotopic (exact) mass is 421 g/mol. The number of pyridine rings is 1. The fourth-order valence-corrected chi connectivity index (χ4v) is 3.61. The van der Waals surface area contributed by atoms with Gasteiger partial charge in [-0.25, -0.2) is 14.4 Å². The lowest BCUT2D eigenvalue weighted by Gasteiger charge is -2.19. The van der Waals surface area contributed by atoms with Crippen molar-refractivity contribution in [3.8, 4) is 17.3 Å². The molecule has 0 fully saturated rings. The Morgan fingerprint density at radius 1 is 1.23 bits per heavy atom. The van der Waals surface area contributed by atoms with Crippen LogP contribution in [0.1, 0.15) is 30.5 Å². The SMILES string of the molecule is COc1ccccc1-n1c(O)c(C2=NN(C(C)=O)C(c3cccnc3)C2)c(=O)[nH]c1=O. The second-order valence-electron chi connectivity index (χ2n) is 6.88. The first-order valence-corrected chi connectivity index (χ1v) is 9.41. The van der Waals surface area contributed by atoms with Gasteiger partial charge in [-0.2, -0.15) is 5.10 Å². The predicted molar refractivity (Wildman–Crippen MR) is 112 cm³/mol. The van der Waals surface area contributed by atoms with Gasteiger partial charge in [-0.15, -0.1) is 0 Å². The summed E-state index contributed by atoms with van der Waals surface area (Å²) in [7, 11) is 1.43. The number of carbonyl (C=O) groups excluding carboxylic acids is 1. The zero-order chi connectivity index (χ0) is 22.1. The molecule has 3 aromatic rings. The van der Waals surface area contributed by atoms with E-state index in [-0.39, 0.29) is 29.3 Å². The highest BCUT2D eigenvalue weighted by Crippen LogP contribution is 2.34. The number of hydrogen-bond donors (Lipinski definition) is 2. The van der Waals surface area contributed by atoms with Crippen LogP contribution >= 0.6 is 0 Å². The number of aromatic amines is 1. The summed E-state index contributed by atoms with van der Waals surface area (Å²) < 4.78 is 6.21. The lowest BCUT2D eigenvalue weighted by Crippen LogP contribution is -2.33. The highest BCUT2D eigenvalue weighted by atomic mass is 16.5. The summed E-state index contributed by atoms with van der Waals surface area (Å²) in [5.74, 6) is -0.602. The number of methoxy groups -OCH3 is 1. The average Bonchev–Trinajstić information content (AvgIpc) is 3.19. The Morgan fingerprint density at radius 2 is 2.00 bits per heavy atom. The predicted octanol–water partition coefficient (Wildman–Crippen LogP) is 1.33. The highest BCUT2D eigenvalue weighted by molar-refractivity contribution is 6.04. The lowest BCUT2D eigenvalue weighted by atomic mass is 10.0. The molecule has 0 saturated heterocycles. The van der Waals surface area contributed by atoms with E-state index >= 15 is 0 Å². The first-order chi connectivity index (χ1) is 14.9. The number of benzene rings is 1. The molecule has 158 valence electrons. The van der Waals surface area contributed by atoms with Gasteiger partial charge in [0.15, 0.2) is 0 Å². The molecule has 31 heavy (non-hydrogen) atoms. The van der Waals surface area contributed by atoms with Gasteiger partial charge in [-0.3, -0.25) is 19.6 Å². The third-order valence-electron chi connectivity index (χ3n) is 5.00. The number of nitrogens with zero attached hydrogens (tertiary/aromatic N) is 4. The average molecular weight is 421 g/mol. The van der Waals surface area contributed by atoms with Gasteiger partial charge in [0.2, 0.25) is 11.8 Å². The van der Waals surface area contributed by atoms with E-state index in [1.807, 2.05) is 0 Å². The summed E-state index contributed by atoms with van der Waals surface area (Å²) in [6, 6.07) is 9.60. The van der Waals surface area contributed by atoms with Crippen LogP contribution in [-0.4, -0.2) is 43.4 Å². The molecule has 10 nitrogen and oxygen atoms in total. The Bertz CT molecular complexity index is 1300. The summed E-state index contributed by atoms with van der Waals surface area (Å²) in [6.07, 6.45) is 3.38. The quantitative estimate of drug-likeness (QED) is 0.654. The molecule has 0 aliphatic carbocycles. The van der Waals surface area contributed by atoms with Gasteiger partial charge >= 0.3 is 5.69 Å². The number of rotatable bonds is 4. The van der Waals surface area contributed by atoms with Crippen LogP contribution in [0.3, 0.4) is 0 Å². The van der Waals surface area contributed by atoms with Crippen molar-refractivity contribution in [3.63, 3.8) is 0 Å². The zero-order valence-corrected chi connectivity index (χ0v) is 16.8. The molecule has 4 rings (SSSR count). The number of hydrazone groups is 1. The molecule has 1 amide bonds. The fourth-order valence-electron chi connectivity index (χ4n) is 3.61. The maximum Gasteiger partial charge on any atom is 0.335 e. The lowest BCUT2D eigenvalue weighted by molar-refractivity contribution is -0.130. The molecule has 1 atom stereocenters. The Hall–Kier alpha value is -4.21. The van der Waals surface area contributed by atoms with Crippen molar-refractivity contribution in [1.29, 1.82) is 0 Å². The third-order valence-corrected chi connectivity index (χ3v) is 5.00. The van der Waals surface area contributed by atoms with Crippen LogP contribution in [-0.2, 0) is 4.79 Å². The zero-order valence-electron chi connectivity index (χ0n) is 16.8. The highest BCUT2D eigenvalue weighted by Gasteiger charge is 2.34. The molecule has 10 heteroatoms. The first-order valence-electron chi connectivity index (χ1n) is 9.41. The fraction of sp³-hybridized carbons (Fsp3) is 0.190. The third kappa shape index (κ3) is 3.48. The van der Waals surface area contributed by atoms with Crippen LogP contribution in [0, 0.1) is 0 Å². The summed E-state index contributed by atoms with van der Waals surface area (Å²) in [5.41, 5.74) is -0.680. The minimum Gasteiger partial charge on any atom is -0.495 e. The number of H-pyrrole nitrogens is 1. The maximum atomic E-state index is 12.6. The van der Waals surface area contributed by atoms with Crippen molar-refractivity contribution in [2.24, 2.45) is 5.10 Å². The number of nitrogens with one attached hydrogen (secondary N) is 1. The van der Waals surface area contributed by atoms with Gasteiger partial charge in [0.05, 0.1) is 24.6 Å². The number of carbonyl (C=O) groups is 1. The van der Waals surface area contributed by atoms with Crippen molar-refractivity contribution >= 4 is 11.6 Å². The van der Waals surface area contributed by atoms with E-state index < -0.39 is 23.2 Å². The van der Waals surface area contributed by atoms with Crippen molar-refractivity contribution in [2.75, 3.05) is 7.11 Å². The number of hydrogen-bond acceptors (Lipinski definition) is 7. The molecule has 1 unspecified atom stereocenters. The van der Waals surface area contributed by atoms with E-state index in [2.05, 4.69) is 15.1 Å². The van der Waals surface area contributed by atoms with E-state index in [1.54, 1.807) is 48.8 Å². The molecule has 1 aliphatic rings. The van der Waals surface area contributed by atoms with Crippen molar-refractivity contribution in [1.82, 2.24) is 19.5 Å². The number of para-hydroxylation sites is 2. The molecule has 1 aromatic carbocycles. The summed E-state index contributed by atoms with van der Waals surface area (Å²) in [5, 5.41) is 16.5. The van der Waals surface area contributed by atoms with Crippen molar-refractivity contribution < 1.29 is 14.6 Å². The van der Waals surface area contributed by atoms with Gasteiger partial charge in [0.25, 0.3) is 5.56 Å². The van der Waals surface area contributed by atoms with Gasteiger partial charge in [-0.05, 0) is 23.8 Å². The Labute approximate surface area is 176 Å². The number of ether oxygens (including phenoxy) is 1. The molecular formula is C21H19N5O5. The molecule has 1 aliphatic heterocycles. The van der Waals surface area contributed by atoms with Gasteiger partial charge in [0, 0.05) is 25.7 Å². The summed E-state index contributed by atoms with van der Waals surface area (Å²) in [6.45, 7) is 1.36. The van der Waals surface area contributed by atoms with Crippen LogP contribution in [0.2, 0.25) is 0 Å². The van der Waals surface area contributed by atoms with Crippen LogP contribution < -0.4 is 16.0 Å². The summed E-state index contributed by atoms with van der Waals surface area (Å²) >= 11 is 0. The van der Waals surface area contributed by atoms with E-state index in [9.17, 15) is 19.5 Å². The van der Waals surface area contributed by atoms with E-state index in [4.69, 9.17) is 4.74 Å². The van der Waals surface area contributed by atoms with E-state index in [1.165, 1.54) is 19.0 Å². The Morgan fingerprint density at radius 3 is 2.68 bits per heavy atom. The molecular weight excluding hydrogens is 402 g/mol. The minimum atomic E-state index is -0.832. The number of amides is 1. The molecule has 3 heterocycles. The summed E-state index contributed by atoms with van der Waals surface area (Å²) in [4.78, 5) is 43.7. The molecule has 0 spiro atoms. The van der Waals surface area contributed by atoms with Gasteiger partial charge in [0.1, 0.15) is 11.3 Å².